The third-order valence-corrected chi connectivity index (χ3v) is 4.70. The van der Waals surface area contributed by atoms with E-state index in [-0.39, 0.29) is 0 Å². The fraction of sp³-hybridized carbons (Fsp3) is 1.00. The molecule has 1 fully saturated rings. The Labute approximate surface area is 102 Å². The van der Waals surface area contributed by atoms with E-state index in [0.717, 1.165) is 24.4 Å². The third kappa shape index (κ3) is 2.98. The number of nitrogens with zero attached hydrogens (tertiary/aromatic N) is 1. The van der Waals surface area contributed by atoms with Gasteiger partial charge in [-0.05, 0) is 44.7 Å². The predicted octanol–water partition coefficient (Wildman–Crippen LogP) is 2.87. The SMILES string of the molecule is CCC(C)C(C)N(CC)C1CCCC1CN. The molecule has 4 atom stereocenters. The summed E-state index contributed by atoms with van der Waals surface area (Å²) in [7, 11) is 0. The van der Waals surface area contributed by atoms with E-state index in [4.69, 9.17) is 5.73 Å². The van der Waals surface area contributed by atoms with Crippen molar-refractivity contribution in [3.63, 3.8) is 0 Å². The minimum atomic E-state index is 0.701. The summed E-state index contributed by atoms with van der Waals surface area (Å²) in [5, 5.41) is 0. The van der Waals surface area contributed by atoms with Crippen molar-refractivity contribution in [1.82, 2.24) is 4.90 Å². The molecule has 2 heteroatoms. The zero-order valence-corrected chi connectivity index (χ0v) is 11.6. The molecular formula is C14H30N2. The van der Waals surface area contributed by atoms with Crippen LogP contribution in [0.5, 0.6) is 0 Å². The van der Waals surface area contributed by atoms with Crippen LogP contribution in [0.15, 0.2) is 0 Å². The average molecular weight is 226 g/mol. The van der Waals surface area contributed by atoms with Gasteiger partial charge >= 0.3 is 0 Å². The van der Waals surface area contributed by atoms with Crippen molar-refractivity contribution in [2.24, 2.45) is 17.6 Å². The van der Waals surface area contributed by atoms with Gasteiger partial charge in [-0.2, -0.15) is 0 Å². The van der Waals surface area contributed by atoms with E-state index in [1.165, 1.54) is 32.2 Å². The fourth-order valence-corrected chi connectivity index (χ4v) is 3.22. The van der Waals surface area contributed by atoms with E-state index in [0.29, 0.717) is 6.04 Å². The van der Waals surface area contributed by atoms with Gasteiger partial charge in [0.05, 0.1) is 0 Å². The molecule has 2 N–H and O–H groups in total. The number of hydrogen-bond acceptors (Lipinski definition) is 2. The lowest BCUT2D eigenvalue weighted by atomic mass is 9.94. The number of nitrogens with two attached hydrogens (primary N) is 1. The summed E-state index contributed by atoms with van der Waals surface area (Å²) in [6.07, 6.45) is 5.34. The minimum absolute atomic E-state index is 0.701. The first-order valence-electron chi connectivity index (χ1n) is 7.11. The van der Waals surface area contributed by atoms with Gasteiger partial charge in [-0.1, -0.05) is 33.6 Å². The van der Waals surface area contributed by atoms with E-state index < -0.39 is 0 Å². The normalized spacial score (nSPS) is 29.6. The Morgan fingerprint density at radius 3 is 2.44 bits per heavy atom. The molecule has 0 aromatic carbocycles. The molecule has 0 aromatic rings. The molecule has 1 rings (SSSR count). The monoisotopic (exact) mass is 226 g/mol. The molecule has 96 valence electrons. The van der Waals surface area contributed by atoms with E-state index in [2.05, 4.69) is 32.6 Å². The largest absolute Gasteiger partial charge is 0.330 e. The Kier molecular flexibility index (Phi) is 5.77. The Balaban J connectivity index is 2.65. The van der Waals surface area contributed by atoms with Crippen LogP contribution in [0.25, 0.3) is 0 Å². The lowest BCUT2D eigenvalue weighted by Crippen LogP contribution is -2.47. The first-order chi connectivity index (χ1) is 7.65. The highest BCUT2D eigenvalue weighted by molar-refractivity contribution is 4.88. The van der Waals surface area contributed by atoms with Crippen LogP contribution in [0.4, 0.5) is 0 Å². The quantitative estimate of drug-likeness (QED) is 0.754. The van der Waals surface area contributed by atoms with Crippen molar-refractivity contribution in [1.29, 1.82) is 0 Å². The predicted molar refractivity (Wildman–Crippen MR) is 71.5 cm³/mol. The maximum absolute atomic E-state index is 5.90. The van der Waals surface area contributed by atoms with Crippen molar-refractivity contribution >= 4 is 0 Å². The van der Waals surface area contributed by atoms with E-state index in [1.54, 1.807) is 0 Å². The standard InChI is InChI=1S/C14H30N2/c1-5-11(3)12(4)16(6-2)14-9-7-8-13(14)10-15/h11-14H,5-10,15H2,1-4H3. The zero-order valence-electron chi connectivity index (χ0n) is 11.6. The Bertz CT molecular complexity index is 193. The topological polar surface area (TPSA) is 29.3 Å². The van der Waals surface area contributed by atoms with Gasteiger partial charge in [-0.25, -0.2) is 0 Å². The molecule has 4 unspecified atom stereocenters. The molecule has 2 nitrogen and oxygen atoms in total. The van der Waals surface area contributed by atoms with E-state index >= 15 is 0 Å². The molecule has 0 heterocycles. The summed E-state index contributed by atoms with van der Waals surface area (Å²) in [6, 6.07) is 1.45. The molecule has 1 saturated carbocycles. The number of hydrogen-bond donors (Lipinski definition) is 1. The summed E-state index contributed by atoms with van der Waals surface area (Å²) in [5.74, 6) is 1.53. The highest BCUT2D eigenvalue weighted by atomic mass is 15.2. The van der Waals surface area contributed by atoms with Gasteiger partial charge in [-0.3, -0.25) is 4.90 Å². The van der Waals surface area contributed by atoms with Gasteiger partial charge < -0.3 is 5.73 Å². The van der Waals surface area contributed by atoms with Crippen LogP contribution in [-0.2, 0) is 0 Å². The molecule has 1 aliphatic rings. The lowest BCUT2D eigenvalue weighted by molar-refractivity contribution is 0.0906. The Morgan fingerprint density at radius 2 is 1.94 bits per heavy atom. The highest BCUT2D eigenvalue weighted by Crippen LogP contribution is 2.32. The molecule has 16 heavy (non-hydrogen) atoms. The molecular weight excluding hydrogens is 196 g/mol. The summed E-state index contributed by atoms with van der Waals surface area (Å²) in [5.41, 5.74) is 5.90. The molecule has 1 aliphatic carbocycles. The van der Waals surface area contributed by atoms with Crippen LogP contribution in [-0.4, -0.2) is 30.1 Å². The van der Waals surface area contributed by atoms with Crippen molar-refractivity contribution in [2.45, 2.75) is 65.5 Å². The Hall–Kier alpha value is -0.0800. The molecule has 0 spiro atoms. The highest BCUT2D eigenvalue weighted by Gasteiger charge is 2.33. The molecule has 0 aliphatic heterocycles. The van der Waals surface area contributed by atoms with E-state index in [9.17, 15) is 0 Å². The second-order valence-corrected chi connectivity index (χ2v) is 5.45. The van der Waals surface area contributed by atoms with Crippen molar-refractivity contribution < 1.29 is 0 Å². The van der Waals surface area contributed by atoms with Gasteiger partial charge in [0.25, 0.3) is 0 Å². The van der Waals surface area contributed by atoms with Crippen LogP contribution in [0.3, 0.4) is 0 Å². The van der Waals surface area contributed by atoms with Crippen LogP contribution in [0.2, 0.25) is 0 Å². The van der Waals surface area contributed by atoms with Crippen molar-refractivity contribution in [3.05, 3.63) is 0 Å². The lowest BCUT2D eigenvalue weighted by Gasteiger charge is -2.39. The molecule has 0 bridgehead atoms. The summed E-state index contributed by atoms with van der Waals surface area (Å²) in [6.45, 7) is 11.4. The molecule has 0 amide bonds. The average Bonchev–Trinajstić information content (AvgIpc) is 2.77. The van der Waals surface area contributed by atoms with Crippen molar-refractivity contribution in [3.8, 4) is 0 Å². The Morgan fingerprint density at radius 1 is 1.25 bits per heavy atom. The van der Waals surface area contributed by atoms with Gasteiger partial charge in [0.2, 0.25) is 0 Å². The van der Waals surface area contributed by atoms with Crippen LogP contribution < -0.4 is 5.73 Å². The maximum atomic E-state index is 5.90. The first-order valence-corrected chi connectivity index (χ1v) is 7.11. The summed E-state index contributed by atoms with van der Waals surface area (Å²) < 4.78 is 0. The minimum Gasteiger partial charge on any atom is -0.330 e. The van der Waals surface area contributed by atoms with Gasteiger partial charge in [0.1, 0.15) is 0 Å². The van der Waals surface area contributed by atoms with E-state index in [1.807, 2.05) is 0 Å². The second kappa shape index (κ2) is 6.61. The van der Waals surface area contributed by atoms with Crippen LogP contribution >= 0.6 is 0 Å². The number of rotatable bonds is 6. The second-order valence-electron chi connectivity index (χ2n) is 5.45. The first kappa shape index (κ1) is 14.0. The fourth-order valence-electron chi connectivity index (χ4n) is 3.22. The molecule has 0 aromatic heterocycles. The smallest absolute Gasteiger partial charge is 0.0138 e. The molecule has 0 radical (unpaired) electrons. The van der Waals surface area contributed by atoms with Gasteiger partial charge in [0, 0.05) is 12.1 Å². The maximum Gasteiger partial charge on any atom is 0.0138 e. The van der Waals surface area contributed by atoms with Gasteiger partial charge in [-0.15, -0.1) is 0 Å². The van der Waals surface area contributed by atoms with Crippen LogP contribution in [0, 0.1) is 11.8 Å². The molecule has 0 saturated heterocycles. The third-order valence-electron chi connectivity index (χ3n) is 4.70. The summed E-state index contributed by atoms with van der Waals surface area (Å²) >= 11 is 0. The van der Waals surface area contributed by atoms with Gasteiger partial charge in [0.15, 0.2) is 0 Å². The van der Waals surface area contributed by atoms with Crippen molar-refractivity contribution in [2.75, 3.05) is 13.1 Å². The zero-order chi connectivity index (χ0) is 12.1. The van der Waals surface area contributed by atoms with Crippen LogP contribution in [0.1, 0.15) is 53.4 Å². The summed E-state index contributed by atoms with van der Waals surface area (Å²) in [4.78, 5) is 2.71.